The highest BCUT2D eigenvalue weighted by molar-refractivity contribution is 5.82. The number of anilines is 1. The number of nitrogens with zero attached hydrogens (tertiary/aromatic N) is 1. The summed E-state index contributed by atoms with van der Waals surface area (Å²) in [7, 11) is 0. The first-order valence-corrected chi connectivity index (χ1v) is 6.33. The third kappa shape index (κ3) is 1.33. The van der Waals surface area contributed by atoms with Crippen LogP contribution < -0.4 is 4.90 Å². The van der Waals surface area contributed by atoms with Crippen LogP contribution in [0.15, 0.2) is 17.7 Å². The van der Waals surface area contributed by atoms with E-state index in [1.165, 1.54) is 23.2 Å². The minimum atomic E-state index is 0.0654. The summed E-state index contributed by atoms with van der Waals surface area (Å²) in [4.78, 5) is 2.45. The topological polar surface area (TPSA) is 23.5 Å². The summed E-state index contributed by atoms with van der Waals surface area (Å²) in [5, 5.41) is 10.0. The van der Waals surface area contributed by atoms with Gasteiger partial charge >= 0.3 is 0 Å². The Kier molecular flexibility index (Phi) is 2.07. The van der Waals surface area contributed by atoms with Crippen LogP contribution in [0.2, 0.25) is 0 Å². The zero-order valence-corrected chi connectivity index (χ0v) is 10.7. The summed E-state index contributed by atoms with van der Waals surface area (Å²) in [6.07, 6.45) is 4.48. The Hall–Kier alpha value is -1.44. The third-order valence-corrected chi connectivity index (χ3v) is 4.38. The molecular formula is C15H19NO. The highest BCUT2D eigenvalue weighted by Crippen LogP contribution is 2.46. The van der Waals surface area contributed by atoms with Crippen LogP contribution in [0.25, 0.3) is 6.08 Å². The zero-order valence-electron chi connectivity index (χ0n) is 10.7. The summed E-state index contributed by atoms with van der Waals surface area (Å²) in [5.41, 5.74) is 5.03. The molecule has 1 aromatic rings. The fourth-order valence-electron chi connectivity index (χ4n) is 3.01. The predicted molar refractivity (Wildman–Crippen MR) is 71.5 cm³/mol. The van der Waals surface area contributed by atoms with Gasteiger partial charge in [-0.25, -0.2) is 0 Å². The van der Waals surface area contributed by atoms with Crippen LogP contribution >= 0.6 is 0 Å². The first-order chi connectivity index (χ1) is 8.01. The maximum atomic E-state index is 10.0. The van der Waals surface area contributed by atoms with Crippen molar-refractivity contribution < 1.29 is 5.11 Å². The Morgan fingerprint density at radius 3 is 2.82 bits per heavy atom. The molecule has 0 radical (unpaired) electrons. The number of rotatable bonds is 0. The number of aryl methyl sites for hydroxylation is 1. The van der Waals surface area contributed by atoms with Gasteiger partial charge in [0.25, 0.3) is 0 Å². The van der Waals surface area contributed by atoms with E-state index in [9.17, 15) is 5.11 Å². The van der Waals surface area contributed by atoms with Crippen LogP contribution in [-0.4, -0.2) is 17.2 Å². The van der Waals surface area contributed by atoms with Gasteiger partial charge in [0.1, 0.15) is 5.75 Å². The average Bonchev–Trinajstić information content (AvgIpc) is 2.30. The van der Waals surface area contributed by atoms with Gasteiger partial charge in [0, 0.05) is 12.1 Å². The Morgan fingerprint density at radius 1 is 1.29 bits per heavy atom. The van der Waals surface area contributed by atoms with E-state index in [-0.39, 0.29) is 5.54 Å². The lowest BCUT2D eigenvalue weighted by molar-refractivity contribution is 0.465. The normalized spacial score (nSPS) is 20.9. The van der Waals surface area contributed by atoms with Gasteiger partial charge in [-0.1, -0.05) is 6.07 Å². The monoisotopic (exact) mass is 229 g/mol. The quantitative estimate of drug-likeness (QED) is 0.737. The molecule has 2 heterocycles. The van der Waals surface area contributed by atoms with Gasteiger partial charge in [-0.3, -0.25) is 0 Å². The fourth-order valence-corrected chi connectivity index (χ4v) is 3.01. The van der Waals surface area contributed by atoms with Gasteiger partial charge in [0.15, 0.2) is 0 Å². The molecule has 0 bridgehead atoms. The largest absolute Gasteiger partial charge is 0.507 e. The Morgan fingerprint density at radius 2 is 2.06 bits per heavy atom. The summed E-state index contributed by atoms with van der Waals surface area (Å²) in [5.74, 6) is 0.408. The summed E-state index contributed by atoms with van der Waals surface area (Å²) < 4.78 is 0. The molecule has 0 spiro atoms. The molecular weight excluding hydrogens is 210 g/mol. The molecule has 1 aromatic carbocycles. The van der Waals surface area contributed by atoms with E-state index in [1.54, 1.807) is 0 Å². The third-order valence-electron chi connectivity index (χ3n) is 4.38. The van der Waals surface area contributed by atoms with Gasteiger partial charge in [-0.05, 0) is 56.9 Å². The number of hydrogen-bond donors (Lipinski definition) is 1. The molecule has 0 atom stereocenters. The second-order valence-corrected chi connectivity index (χ2v) is 5.65. The maximum absolute atomic E-state index is 10.0. The minimum absolute atomic E-state index is 0.0654. The van der Waals surface area contributed by atoms with Crippen molar-refractivity contribution in [3.05, 3.63) is 28.8 Å². The zero-order chi connectivity index (χ0) is 12.2. The summed E-state index contributed by atoms with van der Waals surface area (Å²) in [6, 6.07) is 3.91. The number of phenols is 1. The van der Waals surface area contributed by atoms with Crippen molar-refractivity contribution >= 4 is 11.8 Å². The molecule has 0 saturated heterocycles. The summed E-state index contributed by atoms with van der Waals surface area (Å²) >= 11 is 0. The van der Waals surface area contributed by atoms with Gasteiger partial charge in [0.05, 0.1) is 11.2 Å². The number of phenolic OH excluding ortho intramolecular Hbond substituents is 1. The molecule has 3 rings (SSSR count). The Bertz CT molecular complexity index is 514. The highest BCUT2D eigenvalue weighted by atomic mass is 16.3. The number of hydrogen-bond acceptors (Lipinski definition) is 2. The van der Waals surface area contributed by atoms with E-state index in [2.05, 4.69) is 37.8 Å². The second kappa shape index (κ2) is 3.28. The van der Waals surface area contributed by atoms with E-state index >= 15 is 0 Å². The molecule has 2 nitrogen and oxygen atoms in total. The van der Waals surface area contributed by atoms with Crippen LogP contribution in [0.3, 0.4) is 0 Å². The standard InChI is InChI=1S/C15H19NO/c1-10-9-12-13(17)7-6-11-5-4-8-16(14(11)12)15(10,2)3/h6-7,9,17H,4-5,8H2,1-3H3. The molecule has 2 heteroatoms. The maximum Gasteiger partial charge on any atom is 0.124 e. The van der Waals surface area contributed by atoms with E-state index in [1.807, 2.05) is 6.07 Å². The van der Waals surface area contributed by atoms with E-state index in [4.69, 9.17) is 0 Å². The molecule has 0 unspecified atom stereocenters. The Balaban J connectivity index is 2.32. The van der Waals surface area contributed by atoms with Crippen molar-refractivity contribution in [3.63, 3.8) is 0 Å². The van der Waals surface area contributed by atoms with Crippen LogP contribution in [-0.2, 0) is 6.42 Å². The minimum Gasteiger partial charge on any atom is -0.507 e. The SMILES string of the molecule is CC1=Cc2c(O)ccc3c2N(CCC3)C1(C)C. The molecule has 0 aromatic heterocycles. The van der Waals surface area contributed by atoms with Crippen molar-refractivity contribution in [1.82, 2.24) is 0 Å². The molecule has 90 valence electrons. The van der Waals surface area contributed by atoms with E-state index in [0.29, 0.717) is 5.75 Å². The van der Waals surface area contributed by atoms with Crippen LogP contribution in [0.4, 0.5) is 5.69 Å². The van der Waals surface area contributed by atoms with Gasteiger partial charge in [0.2, 0.25) is 0 Å². The first kappa shape index (κ1) is 10.7. The first-order valence-electron chi connectivity index (χ1n) is 6.33. The predicted octanol–water partition coefficient (Wildman–Crippen LogP) is 3.34. The lowest BCUT2D eigenvalue weighted by atomic mass is 9.82. The second-order valence-electron chi connectivity index (χ2n) is 5.65. The lowest BCUT2D eigenvalue weighted by Crippen LogP contribution is -2.49. The van der Waals surface area contributed by atoms with Crippen molar-refractivity contribution in [2.24, 2.45) is 0 Å². The van der Waals surface area contributed by atoms with Crippen LogP contribution in [0.1, 0.15) is 38.3 Å². The van der Waals surface area contributed by atoms with Crippen molar-refractivity contribution in [1.29, 1.82) is 0 Å². The van der Waals surface area contributed by atoms with Crippen molar-refractivity contribution in [2.75, 3.05) is 11.4 Å². The van der Waals surface area contributed by atoms with Crippen molar-refractivity contribution in [2.45, 2.75) is 39.2 Å². The van der Waals surface area contributed by atoms with Crippen LogP contribution in [0, 0.1) is 0 Å². The molecule has 0 saturated carbocycles. The molecule has 0 aliphatic carbocycles. The van der Waals surface area contributed by atoms with E-state index < -0.39 is 0 Å². The molecule has 17 heavy (non-hydrogen) atoms. The molecule has 1 N–H and O–H groups in total. The van der Waals surface area contributed by atoms with Gasteiger partial charge in [-0.2, -0.15) is 0 Å². The van der Waals surface area contributed by atoms with Crippen LogP contribution in [0.5, 0.6) is 5.75 Å². The lowest BCUT2D eigenvalue weighted by Gasteiger charge is -2.48. The molecule has 0 fully saturated rings. The molecule has 2 aliphatic heterocycles. The summed E-state index contributed by atoms with van der Waals surface area (Å²) in [6.45, 7) is 7.77. The average molecular weight is 229 g/mol. The highest BCUT2D eigenvalue weighted by Gasteiger charge is 2.37. The van der Waals surface area contributed by atoms with Gasteiger partial charge < -0.3 is 10.0 Å². The smallest absolute Gasteiger partial charge is 0.124 e. The fraction of sp³-hybridized carbons (Fsp3) is 0.467. The number of aromatic hydroxyl groups is 1. The number of benzene rings is 1. The van der Waals surface area contributed by atoms with Gasteiger partial charge in [-0.15, -0.1) is 0 Å². The van der Waals surface area contributed by atoms with E-state index in [0.717, 1.165) is 18.5 Å². The Labute approximate surface area is 103 Å². The molecule has 2 aliphatic rings. The molecule has 0 amide bonds. The van der Waals surface area contributed by atoms with Crippen molar-refractivity contribution in [3.8, 4) is 5.75 Å².